The van der Waals surface area contributed by atoms with E-state index in [1.165, 1.54) is 16.0 Å². The van der Waals surface area contributed by atoms with Gasteiger partial charge in [-0.1, -0.05) is 42.5 Å². The van der Waals surface area contributed by atoms with E-state index >= 15 is 0 Å². The van der Waals surface area contributed by atoms with Gasteiger partial charge in [0, 0.05) is 12.0 Å². The number of hydrogen-bond donors (Lipinski definition) is 3. The highest BCUT2D eigenvalue weighted by Crippen LogP contribution is 2.39. The van der Waals surface area contributed by atoms with Gasteiger partial charge in [0.05, 0.1) is 24.1 Å². The van der Waals surface area contributed by atoms with Crippen LogP contribution in [0.3, 0.4) is 0 Å². The van der Waals surface area contributed by atoms with E-state index in [0.29, 0.717) is 0 Å². The molecule has 0 bridgehead atoms. The van der Waals surface area contributed by atoms with E-state index in [1.54, 1.807) is 23.3 Å². The van der Waals surface area contributed by atoms with E-state index in [0.717, 1.165) is 47.9 Å². The zero-order chi connectivity index (χ0) is 19.8. The van der Waals surface area contributed by atoms with Crippen molar-refractivity contribution in [1.82, 2.24) is 5.32 Å². The third kappa shape index (κ3) is 3.50. The molecule has 1 amide bonds. The molecular formula is C23H24N3O2S+. The molecule has 2 aliphatic rings. The standard InChI is InChI=1S/C23H23N3O2S/c1-28-17-9-7-16(8-10-17)21-24-22(27)20-18-11-12-26(13-15-5-3-2-4-6-15)14-19(18)29-23(20)25-21/h2-10,21,25H,11-14H2,1H3,(H,24,27)/p+1/t21-/m0/s1. The van der Waals surface area contributed by atoms with Crippen molar-refractivity contribution in [3.8, 4) is 5.75 Å². The molecule has 1 aromatic heterocycles. The first-order valence-electron chi connectivity index (χ1n) is 9.94. The number of nitrogens with one attached hydrogen (secondary N) is 3. The molecule has 0 spiro atoms. The third-order valence-corrected chi connectivity index (χ3v) is 6.92. The number of rotatable bonds is 4. The van der Waals surface area contributed by atoms with E-state index in [9.17, 15) is 4.79 Å². The van der Waals surface area contributed by atoms with Gasteiger partial charge < -0.3 is 20.3 Å². The first-order valence-corrected chi connectivity index (χ1v) is 10.8. The Bertz CT molecular complexity index is 1030. The molecule has 3 heterocycles. The SMILES string of the molecule is COc1ccc([C@H]2NC(=O)c3c(sc4c3CC[NH+](Cc3ccccc3)C4)N2)cc1. The van der Waals surface area contributed by atoms with E-state index < -0.39 is 0 Å². The molecule has 5 nitrogen and oxygen atoms in total. The monoisotopic (exact) mass is 406 g/mol. The zero-order valence-electron chi connectivity index (χ0n) is 16.3. The average molecular weight is 407 g/mol. The largest absolute Gasteiger partial charge is 0.497 e. The fourth-order valence-electron chi connectivity index (χ4n) is 4.25. The van der Waals surface area contributed by atoms with E-state index in [-0.39, 0.29) is 12.1 Å². The van der Waals surface area contributed by atoms with Crippen molar-refractivity contribution in [3.63, 3.8) is 0 Å². The summed E-state index contributed by atoms with van der Waals surface area (Å²) in [5.74, 6) is 0.841. The first kappa shape index (κ1) is 18.2. The van der Waals surface area contributed by atoms with Gasteiger partial charge >= 0.3 is 0 Å². The van der Waals surface area contributed by atoms with Crippen molar-refractivity contribution in [2.24, 2.45) is 0 Å². The predicted molar refractivity (Wildman–Crippen MR) is 115 cm³/mol. The summed E-state index contributed by atoms with van der Waals surface area (Å²) in [5.41, 5.74) is 4.48. The van der Waals surface area contributed by atoms with Crippen LogP contribution in [0, 0.1) is 0 Å². The minimum atomic E-state index is -0.214. The Labute approximate surface area is 174 Å². The summed E-state index contributed by atoms with van der Waals surface area (Å²) in [4.78, 5) is 15.8. The number of methoxy groups -OCH3 is 1. The zero-order valence-corrected chi connectivity index (χ0v) is 17.1. The summed E-state index contributed by atoms with van der Waals surface area (Å²) >= 11 is 1.74. The van der Waals surface area contributed by atoms with Gasteiger partial charge in [0.25, 0.3) is 5.91 Å². The molecule has 5 rings (SSSR count). The molecule has 3 N–H and O–H groups in total. The van der Waals surface area contributed by atoms with E-state index in [4.69, 9.17) is 4.74 Å². The predicted octanol–water partition coefficient (Wildman–Crippen LogP) is 2.75. The Balaban J connectivity index is 1.36. The fourth-order valence-corrected chi connectivity index (χ4v) is 5.59. The van der Waals surface area contributed by atoms with Crippen LogP contribution < -0.4 is 20.3 Å². The van der Waals surface area contributed by atoms with Gasteiger partial charge in [0.15, 0.2) is 0 Å². The number of benzene rings is 2. The molecule has 0 saturated heterocycles. The van der Waals surface area contributed by atoms with Gasteiger partial charge in [0.1, 0.15) is 30.0 Å². The molecule has 2 atom stereocenters. The van der Waals surface area contributed by atoms with Crippen LogP contribution in [0.1, 0.15) is 38.1 Å². The Hall–Kier alpha value is -2.83. The third-order valence-electron chi connectivity index (χ3n) is 5.75. The quantitative estimate of drug-likeness (QED) is 0.625. The maximum atomic E-state index is 12.9. The van der Waals surface area contributed by atoms with Gasteiger partial charge in [-0.25, -0.2) is 0 Å². The molecule has 3 aromatic rings. The topological polar surface area (TPSA) is 54.8 Å². The lowest BCUT2D eigenvalue weighted by Gasteiger charge is -2.27. The number of thiophene rings is 1. The molecule has 29 heavy (non-hydrogen) atoms. The summed E-state index contributed by atoms with van der Waals surface area (Å²) in [6.45, 7) is 3.06. The van der Waals surface area contributed by atoms with Crippen LogP contribution in [0.4, 0.5) is 5.00 Å². The van der Waals surface area contributed by atoms with Crippen LogP contribution in [0.15, 0.2) is 54.6 Å². The van der Waals surface area contributed by atoms with Crippen molar-refractivity contribution in [1.29, 1.82) is 0 Å². The van der Waals surface area contributed by atoms with Crippen LogP contribution >= 0.6 is 11.3 Å². The smallest absolute Gasteiger partial charge is 0.256 e. The molecule has 2 aliphatic heterocycles. The number of anilines is 1. The Morgan fingerprint density at radius 1 is 1.10 bits per heavy atom. The van der Waals surface area contributed by atoms with Crippen LogP contribution in [0.25, 0.3) is 0 Å². The van der Waals surface area contributed by atoms with Gasteiger partial charge in [-0.2, -0.15) is 0 Å². The highest BCUT2D eigenvalue weighted by atomic mass is 32.1. The number of amides is 1. The van der Waals surface area contributed by atoms with Crippen LogP contribution in [0.2, 0.25) is 0 Å². The molecular weight excluding hydrogens is 382 g/mol. The molecule has 0 fully saturated rings. The van der Waals surface area contributed by atoms with Gasteiger partial charge in [0.2, 0.25) is 0 Å². The number of hydrogen-bond acceptors (Lipinski definition) is 4. The number of ether oxygens (including phenoxy) is 1. The van der Waals surface area contributed by atoms with Crippen molar-refractivity contribution in [2.45, 2.75) is 25.7 Å². The van der Waals surface area contributed by atoms with E-state index in [1.807, 2.05) is 24.3 Å². The second kappa shape index (κ2) is 7.54. The first-order chi connectivity index (χ1) is 14.2. The summed E-state index contributed by atoms with van der Waals surface area (Å²) < 4.78 is 5.23. The molecule has 0 aliphatic carbocycles. The van der Waals surface area contributed by atoms with Gasteiger partial charge in [-0.05, 0) is 23.3 Å². The Morgan fingerprint density at radius 3 is 2.66 bits per heavy atom. The number of fused-ring (bicyclic) bond motifs is 3. The van der Waals surface area contributed by atoms with Crippen LogP contribution in [0.5, 0.6) is 5.75 Å². The second-order valence-electron chi connectivity index (χ2n) is 7.62. The van der Waals surface area contributed by atoms with Gasteiger partial charge in [-0.3, -0.25) is 4.79 Å². The maximum absolute atomic E-state index is 12.9. The lowest BCUT2D eigenvalue weighted by atomic mass is 10.00. The number of carbonyl (C=O) groups is 1. The highest BCUT2D eigenvalue weighted by molar-refractivity contribution is 7.16. The second-order valence-corrected chi connectivity index (χ2v) is 8.73. The summed E-state index contributed by atoms with van der Waals surface area (Å²) in [5, 5.41) is 7.66. The van der Waals surface area contributed by atoms with Crippen LogP contribution in [-0.2, 0) is 19.5 Å². The Kier molecular flexibility index (Phi) is 4.73. The van der Waals surface area contributed by atoms with Crippen LogP contribution in [-0.4, -0.2) is 19.6 Å². The lowest BCUT2D eigenvalue weighted by Crippen LogP contribution is -3.10. The minimum absolute atomic E-state index is 0.0311. The summed E-state index contributed by atoms with van der Waals surface area (Å²) in [7, 11) is 1.65. The molecule has 0 saturated carbocycles. The normalized spacial score (nSPS) is 20.2. The van der Waals surface area contributed by atoms with Gasteiger partial charge in [-0.15, -0.1) is 11.3 Å². The van der Waals surface area contributed by atoms with Crippen molar-refractivity contribution >= 4 is 22.2 Å². The maximum Gasteiger partial charge on any atom is 0.256 e. The van der Waals surface area contributed by atoms with E-state index in [2.05, 4.69) is 41.0 Å². The Morgan fingerprint density at radius 2 is 1.90 bits per heavy atom. The van der Waals surface area contributed by atoms with Crippen molar-refractivity contribution < 1.29 is 14.4 Å². The number of carbonyl (C=O) groups excluding carboxylic acids is 1. The molecule has 148 valence electrons. The highest BCUT2D eigenvalue weighted by Gasteiger charge is 2.34. The molecule has 2 aromatic carbocycles. The fraction of sp³-hybridized carbons (Fsp3) is 0.261. The molecule has 0 radical (unpaired) electrons. The van der Waals surface area contributed by atoms with Crippen molar-refractivity contribution in [2.75, 3.05) is 19.0 Å². The summed E-state index contributed by atoms with van der Waals surface area (Å²) in [6, 6.07) is 18.5. The lowest BCUT2D eigenvalue weighted by molar-refractivity contribution is -0.929. The molecule has 6 heteroatoms. The minimum Gasteiger partial charge on any atom is -0.497 e. The van der Waals surface area contributed by atoms with Crippen molar-refractivity contribution in [3.05, 3.63) is 81.7 Å². The molecule has 1 unspecified atom stereocenters. The average Bonchev–Trinajstić information content (AvgIpc) is 3.12. The number of quaternary nitrogens is 1. The summed E-state index contributed by atoms with van der Waals surface area (Å²) in [6.07, 6.45) is 0.736.